The zero-order valence-electron chi connectivity index (χ0n) is 11.0. The molecular weight excluding hydrogens is 298 g/mol. The van der Waals surface area contributed by atoms with Crippen molar-refractivity contribution < 1.29 is 14.3 Å². The Morgan fingerprint density at radius 1 is 1.40 bits per heavy atom. The van der Waals surface area contributed by atoms with Gasteiger partial charge >= 0.3 is 5.97 Å². The van der Waals surface area contributed by atoms with Gasteiger partial charge in [-0.1, -0.05) is 17.8 Å². The Morgan fingerprint density at radius 2 is 2.20 bits per heavy atom. The second kappa shape index (κ2) is 6.58. The van der Waals surface area contributed by atoms with E-state index in [0.717, 1.165) is 18.0 Å². The lowest BCUT2D eigenvalue weighted by Crippen LogP contribution is -2.14. The maximum Gasteiger partial charge on any atom is 0.350 e. The molecule has 2 aromatic rings. The molecule has 2 rings (SSSR count). The number of methoxy groups -OCH3 is 1. The fraction of sp³-hybridized carbons (Fsp3) is 0.333. The highest BCUT2D eigenvalue weighted by Crippen LogP contribution is 2.24. The molecule has 0 aliphatic heterocycles. The van der Waals surface area contributed by atoms with Crippen molar-refractivity contribution in [1.29, 1.82) is 0 Å². The lowest BCUT2D eigenvalue weighted by Gasteiger charge is -2.04. The van der Waals surface area contributed by atoms with E-state index in [0.29, 0.717) is 27.6 Å². The minimum Gasteiger partial charge on any atom is -0.465 e. The predicted octanol–water partition coefficient (Wildman–Crippen LogP) is 2.59. The zero-order chi connectivity index (χ0) is 14.5. The molecular formula is C12H13N3O3S2. The number of nitrogens with one attached hydrogen (secondary N) is 1. The third kappa shape index (κ3) is 3.02. The van der Waals surface area contributed by atoms with E-state index in [-0.39, 0.29) is 5.91 Å². The lowest BCUT2D eigenvalue weighted by atomic mass is 10.2. The van der Waals surface area contributed by atoms with Crippen molar-refractivity contribution in [1.82, 2.24) is 9.59 Å². The average Bonchev–Trinajstić information content (AvgIpc) is 3.07. The number of carbonyl (C=O) groups excluding carboxylic acids is 2. The molecule has 0 saturated carbocycles. The quantitative estimate of drug-likeness (QED) is 0.858. The van der Waals surface area contributed by atoms with Crippen LogP contribution in [0.3, 0.4) is 0 Å². The first kappa shape index (κ1) is 14.6. The number of aryl methyl sites for hydroxylation is 1. The number of hydrogen-bond acceptors (Lipinski definition) is 7. The van der Waals surface area contributed by atoms with Gasteiger partial charge in [-0.3, -0.25) is 4.79 Å². The van der Waals surface area contributed by atoms with Crippen LogP contribution in [0.25, 0.3) is 0 Å². The van der Waals surface area contributed by atoms with Crippen molar-refractivity contribution >= 4 is 40.4 Å². The molecule has 1 amide bonds. The fourth-order valence-corrected chi connectivity index (χ4v) is 2.99. The minimum absolute atomic E-state index is 0.299. The van der Waals surface area contributed by atoms with Crippen LogP contribution in [0.2, 0.25) is 0 Å². The van der Waals surface area contributed by atoms with Gasteiger partial charge in [-0.25, -0.2) is 4.79 Å². The standard InChI is InChI=1S/C12H13N3O3S2/c1-3-4-8-9(20-15-14-8)11(16)13-7-5-6-19-10(7)12(17)18-2/h5-6H,3-4H2,1-2H3,(H,13,16). The number of nitrogens with zero attached hydrogens (tertiary/aromatic N) is 2. The van der Waals surface area contributed by atoms with Gasteiger partial charge < -0.3 is 10.1 Å². The van der Waals surface area contributed by atoms with Crippen LogP contribution in [0.5, 0.6) is 0 Å². The Hall–Kier alpha value is -1.80. The van der Waals surface area contributed by atoms with Gasteiger partial charge in [0, 0.05) is 0 Å². The Bertz CT molecular complexity index is 621. The number of amides is 1. The van der Waals surface area contributed by atoms with Crippen LogP contribution in [-0.4, -0.2) is 28.6 Å². The molecule has 1 N–H and O–H groups in total. The monoisotopic (exact) mass is 311 g/mol. The van der Waals surface area contributed by atoms with Gasteiger partial charge in [-0.15, -0.1) is 16.4 Å². The molecule has 0 aliphatic carbocycles. The largest absolute Gasteiger partial charge is 0.465 e. The van der Waals surface area contributed by atoms with Gasteiger partial charge in [-0.05, 0) is 29.4 Å². The molecule has 0 fully saturated rings. The summed E-state index contributed by atoms with van der Waals surface area (Å²) >= 11 is 2.27. The van der Waals surface area contributed by atoms with E-state index in [1.807, 2.05) is 6.92 Å². The van der Waals surface area contributed by atoms with E-state index in [2.05, 4.69) is 19.6 Å². The third-order valence-electron chi connectivity index (χ3n) is 2.53. The summed E-state index contributed by atoms with van der Waals surface area (Å²) in [6.07, 6.45) is 1.59. The molecule has 8 heteroatoms. The topological polar surface area (TPSA) is 81.2 Å². The fourth-order valence-electron chi connectivity index (χ4n) is 1.62. The van der Waals surface area contributed by atoms with E-state index in [1.54, 1.807) is 11.4 Å². The number of carbonyl (C=O) groups is 2. The zero-order valence-corrected chi connectivity index (χ0v) is 12.6. The highest BCUT2D eigenvalue weighted by Gasteiger charge is 2.20. The molecule has 0 radical (unpaired) electrons. The molecule has 2 heterocycles. The summed E-state index contributed by atoms with van der Waals surface area (Å²) < 4.78 is 8.47. The molecule has 0 saturated heterocycles. The summed E-state index contributed by atoms with van der Waals surface area (Å²) in [5, 5.41) is 8.38. The Morgan fingerprint density at radius 3 is 2.90 bits per heavy atom. The lowest BCUT2D eigenvalue weighted by molar-refractivity contribution is 0.0607. The van der Waals surface area contributed by atoms with E-state index >= 15 is 0 Å². The summed E-state index contributed by atoms with van der Waals surface area (Å²) in [7, 11) is 1.31. The number of hydrogen-bond donors (Lipinski definition) is 1. The molecule has 0 unspecified atom stereocenters. The number of rotatable bonds is 5. The van der Waals surface area contributed by atoms with Gasteiger partial charge in [0.1, 0.15) is 9.75 Å². The molecule has 106 valence electrons. The van der Waals surface area contributed by atoms with Gasteiger partial charge in [0.15, 0.2) is 0 Å². The molecule has 0 spiro atoms. The summed E-state index contributed by atoms with van der Waals surface area (Å²) in [5.41, 5.74) is 1.13. The molecule has 2 aromatic heterocycles. The molecule has 0 aliphatic rings. The first-order chi connectivity index (χ1) is 9.67. The van der Waals surface area contributed by atoms with Crippen molar-refractivity contribution in [3.05, 3.63) is 26.9 Å². The molecule has 0 aromatic carbocycles. The van der Waals surface area contributed by atoms with Crippen LogP contribution in [0.4, 0.5) is 5.69 Å². The van der Waals surface area contributed by atoms with E-state index in [1.165, 1.54) is 18.4 Å². The number of thiophene rings is 1. The van der Waals surface area contributed by atoms with Crippen LogP contribution in [0.15, 0.2) is 11.4 Å². The van der Waals surface area contributed by atoms with E-state index < -0.39 is 5.97 Å². The Kier molecular flexibility index (Phi) is 4.80. The maximum atomic E-state index is 12.2. The first-order valence-electron chi connectivity index (χ1n) is 5.95. The molecule has 0 atom stereocenters. The average molecular weight is 311 g/mol. The van der Waals surface area contributed by atoms with Gasteiger partial charge in [-0.2, -0.15) is 0 Å². The van der Waals surface area contributed by atoms with E-state index in [4.69, 9.17) is 0 Å². The normalized spacial score (nSPS) is 10.3. The number of anilines is 1. The second-order valence-electron chi connectivity index (χ2n) is 3.91. The van der Waals surface area contributed by atoms with Crippen LogP contribution >= 0.6 is 22.9 Å². The minimum atomic E-state index is -0.466. The molecule has 20 heavy (non-hydrogen) atoms. The molecule has 6 nitrogen and oxygen atoms in total. The van der Waals surface area contributed by atoms with E-state index in [9.17, 15) is 9.59 Å². The third-order valence-corrected chi connectivity index (χ3v) is 4.19. The van der Waals surface area contributed by atoms with Gasteiger partial charge in [0.25, 0.3) is 5.91 Å². The van der Waals surface area contributed by atoms with Gasteiger partial charge in [0.05, 0.1) is 18.5 Å². The van der Waals surface area contributed by atoms with Crippen molar-refractivity contribution in [2.24, 2.45) is 0 Å². The van der Waals surface area contributed by atoms with Crippen LogP contribution in [-0.2, 0) is 11.2 Å². The number of aromatic nitrogens is 2. The summed E-state index contributed by atoms with van der Waals surface area (Å²) in [5.74, 6) is -0.765. The molecule has 0 bridgehead atoms. The number of ether oxygens (including phenoxy) is 1. The summed E-state index contributed by atoms with van der Waals surface area (Å²) in [6.45, 7) is 2.01. The highest BCUT2D eigenvalue weighted by molar-refractivity contribution is 7.12. The van der Waals surface area contributed by atoms with Crippen LogP contribution < -0.4 is 5.32 Å². The first-order valence-corrected chi connectivity index (χ1v) is 7.61. The van der Waals surface area contributed by atoms with Crippen molar-refractivity contribution in [3.63, 3.8) is 0 Å². The smallest absolute Gasteiger partial charge is 0.350 e. The SMILES string of the molecule is CCCc1nnsc1C(=O)Nc1ccsc1C(=O)OC. The van der Waals surface area contributed by atoms with Crippen molar-refractivity contribution in [3.8, 4) is 0 Å². The second-order valence-corrected chi connectivity index (χ2v) is 5.58. The van der Waals surface area contributed by atoms with Crippen molar-refractivity contribution in [2.75, 3.05) is 12.4 Å². The van der Waals surface area contributed by atoms with Crippen LogP contribution in [0.1, 0.15) is 38.4 Å². The highest BCUT2D eigenvalue weighted by atomic mass is 32.1. The van der Waals surface area contributed by atoms with Gasteiger partial charge in [0.2, 0.25) is 0 Å². The Balaban J connectivity index is 2.18. The summed E-state index contributed by atoms with van der Waals surface area (Å²) in [6, 6.07) is 1.67. The predicted molar refractivity (Wildman–Crippen MR) is 77.5 cm³/mol. The summed E-state index contributed by atoms with van der Waals surface area (Å²) in [4.78, 5) is 24.6. The Labute approximate surface area is 123 Å². The van der Waals surface area contributed by atoms with Crippen molar-refractivity contribution in [2.45, 2.75) is 19.8 Å². The maximum absolute atomic E-state index is 12.2. The number of esters is 1. The van der Waals surface area contributed by atoms with Crippen LogP contribution in [0, 0.1) is 0 Å².